The Hall–Kier alpha value is -3.64. The van der Waals surface area contributed by atoms with E-state index in [4.69, 9.17) is 9.84 Å². The Morgan fingerprint density at radius 2 is 1.70 bits per heavy atom. The molecule has 0 atom stereocenters. The molecule has 6 nitrogen and oxygen atoms in total. The number of fused-ring (bicyclic) bond motifs is 1. The lowest BCUT2D eigenvalue weighted by Crippen LogP contribution is -2.24. The summed E-state index contributed by atoms with van der Waals surface area (Å²) < 4.78 is 7.88. The van der Waals surface area contributed by atoms with Crippen molar-refractivity contribution in [1.29, 1.82) is 0 Å². The predicted molar refractivity (Wildman–Crippen MR) is 131 cm³/mol. The summed E-state index contributed by atoms with van der Waals surface area (Å²) in [6.07, 6.45) is 4.89. The van der Waals surface area contributed by atoms with Crippen molar-refractivity contribution in [3.8, 4) is 11.5 Å². The number of hydrogen-bond donors (Lipinski definition) is 1. The molecule has 1 fully saturated rings. The maximum Gasteiger partial charge on any atom is 0.228 e. The van der Waals surface area contributed by atoms with Gasteiger partial charge in [0.1, 0.15) is 11.5 Å². The monoisotopic (exact) mass is 440 g/mol. The van der Waals surface area contributed by atoms with Crippen LogP contribution >= 0.6 is 0 Å². The van der Waals surface area contributed by atoms with Crippen molar-refractivity contribution in [2.45, 2.75) is 25.8 Å². The number of aromatic nitrogens is 2. The van der Waals surface area contributed by atoms with Gasteiger partial charge in [-0.15, -0.1) is 0 Å². The van der Waals surface area contributed by atoms with E-state index in [1.165, 1.54) is 25.9 Å². The van der Waals surface area contributed by atoms with Crippen molar-refractivity contribution < 1.29 is 9.53 Å². The summed E-state index contributed by atoms with van der Waals surface area (Å²) in [4.78, 5) is 15.3. The van der Waals surface area contributed by atoms with E-state index < -0.39 is 0 Å². The highest BCUT2D eigenvalue weighted by atomic mass is 16.5. The normalized spacial score (nSPS) is 13.9. The van der Waals surface area contributed by atoms with Crippen LogP contribution in [0.4, 0.5) is 5.69 Å². The van der Waals surface area contributed by atoms with E-state index in [0.717, 1.165) is 41.0 Å². The summed E-state index contributed by atoms with van der Waals surface area (Å²) in [5.41, 5.74) is 2.59. The molecule has 1 aromatic heterocycles. The zero-order valence-corrected chi connectivity index (χ0v) is 18.6. The Morgan fingerprint density at radius 3 is 2.55 bits per heavy atom. The largest absolute Gasteiger partial charge is 0.457 e. The first-order valence-corrected chi connectivity index (χ1v) is 11.5. The molecule has 1 amide bonds. The lowest BCUT2D eigenvalue weighted by molar-refractivity contribution is -0.115. The minimum atomic E-state index is -0.0656. The first kappa shape index (κ1) is 21.2. The van der Waals surface area contributed by atoms with Gasteiger partial charge in [-0.25, -0.2) is 0 Å². The number of ether oxygens (including phenoxy) is 1. The molecule has 168 valence electrons. The zero-order valence-electron chi connectivity index (χ0n) is 18.6. The fraction of sp³-hybridized carbons (Fsp3) is 0.259. The van der Waals surface area contributed by atoms with E-state index in [2.05, 4.69) is 10.2 Å². The van der Waals surface area contributed by atoms with Gasteiger partial charge >= 0.3 is 0 Å². The van der Waals surface area contributed by atoms with Gasteiger partial charge in [0.05, 0.1) is 24.2 Å². The molecule has 0 radical (unpaired) electrons. The SMILES string of the molecule is O=C(Cc1cccc(Oc2ccccc2)c1)Nc1cccc2nn(CCN3CCCC3)cc12. The van der Waals surface area contributed by atoms with Gasteiger partial charge in [0.2, 0.25) is 5.91 Å². The fourth-order valence-corrected chi connectivity index (χ4v) is 4.29. The topological polar surface area (TPSA) is 59.4 Å². The van der Waals surface area contributed by atoms with Crippen LogP contribution in [0.2, 0.25) is 0 Å². The third-order valence-electron chi connectivity index (χ3n) is 5.96. The summed E-state index contributed by atoms with van der Waals surface area (Å²) in [7, 11) is 0. The molecule has 1 aliphatic heterocycles. The molecular formula is C27H28N4O2. The molecule has 0 saturated carbocycles. The molecule has 6 heteroatoms. The maximum atomic E-state index is 12.8. The highest BCUT2D eigenvalue weighted by Gasteiger charge is 2.13. The number of carbonyl (C=O) groups excluding carboxylic acids is 1. The second-order valence-electron chi connectivity index (χ2n) is 8.47. The molecule has 1 N–H and O–H groups in total. The number of hydrogen-bond acceptors (Lipinski definition) is 4. The Balaban J connectivity index is 1.24. The van der Waals surface area contributed by atoms with E-state index in [9.17, 15) is 4.79 Å². The summed E-state index contributed by atoms with van der Waals surface area (Å²) in [6, 6.07) is 23.1. The molecule has 0 aliphatic carbocycles. The second-order valence-corrected chi connectivity index (χ2v) is 8.47. The lowest BCUT2D eigenvalue weighted by atomic mass is 10.1. The minimum Gasteiger partial charge on any atom is -0.457 e. The summed E-state index contributed by atoms with van der Waals surface area (Å²) in [5, 5.41) is 8.74. The minimum absolute atomic E-state index is 0.0656. The Morgan fingerprint density at radius 1 is 0.909 bits per heavy atom. The van der Waals surface area contributed by atoms with Gasteiger partial charge < -0.3 is 15.0 Å². The molecule has 33 heavy (non-hydrogen) atoms. The van der Waals surface area contributed by atoms with E-state index >= 15 is 0 Å². The molecule has 2 heterocycles. The Labute approximate surface area is 193 Å². The number of para-hydroxylation sites is 1. The fourth-order valence-electron chi connectivity index (χ4n) is 4.29. The third-order valence-corrected chi connectivity index (χ3v) is 5.96. The first-order chi connectivity index (χ1) is 16.2. The summed E-state index contributed by atoms with van der Waals surface area (Å²) in [6.45, 7) is 4.23. The third kappa shape index (κ3) is 5.41. The van der Waals surface area contributed by atoms with E-state index in [1.54, 1.807) is 0 Å². The number of likely N-dealkylation sites (tertiary alicyclic amines) is 1. The molecule has 3 aromatic carbocycles. The van der Waals surface area contributed by atoms with Crippen molar-refractivity contribution in [3.05, 3.63) is 84.6 Å². The molecule has 5 rings (SSSR count). The van der Waals surface area contributed by atoms with Gasteiger partial charge in [-0.1, -0.05) is 36.4 Å². The van der Waals surface area contributed by atoms with Gasteiger partial charge in [-0.05, 0) is 67.9 Å². The number of nitrogens with zero attached hydrogens (tertiary/aromatic N) is 3. The van der Waals surface area contributed by atoms with Crippen molar-refractivity contribution >= 4 is 22.5 Å². The van der Waals surface area contributed by atoms with Gasteiger partial charge in [-0.2, -0.15) is 5.10 Å². The highest BCUT2D eigenvalue weighted by molar-refractivity contribution is 6.01. The van der Waals surface area contributed by atoms with Crippen LogP contribution in [0.15, 0.2) is 79.0 Å². The summed E-state index contributed by atoms with van der Waals surface area (Å²) in [5.74, 6) is 1.42. The lowest BCUT2D eigenvalue weighted by Gasteiger charge is -2.13. The van der Waals surface area contributed by atoms with Gasteiger partial charge in [-0.3, -0.25) is 9.48 Å². The van der Waals surface area contributed by atoms with E-state index in [-0.39, 0.29) is 12.3 Å². The molecular weight excluding hydrogens is 412 g/mol. The van der Waals surface area contributed by atoms with Crippen molar-refractivity contribution in [3.63, 3.8) is 0 Å². The van der Waals surface area contributed by atoms with Crippen molar-refractivity contribution in [2.24, 2.45) is 0 Å². The van der Waals surface area contributed by atoms with Crippen LogP contribution in [0.25, 0.3) is 10.9 Å². The number of carbonyl (C=O) groups is 1. The van der Waals surface area contributed by atoms with Gasteiger partial charge in [0.15, 0.2) is 0 Å². The predicted octanol–water partition coefficient (Wildman–Crippen LogP) is 5.11. The number of nitrogens with one attached hydrogen (secondary N) is 1. The highest BCUT2D eigenvalue weighted by Crippen LogP contribution is 2.24. The Kier molecular flexibility index (Phi) is 6.35. The quantitative estimate of drug-likeness (QED) is 0.414. The van der Waals surface area contributed by atoms with Crippen LogP contribution in [-0.4, -0.2) is 40.2 Å². The molecule has 1 aliphatic rings. The zero-order chi connectivity index (χ0) is 22.5. The summed E-state index contributed by atoms with van der Waals surface area (Å²) >= 11 is 0. The number of rotatable bonds is 8. The molecule has 1 saturated heterocycles. The maximum absolute atomic E-state index is 12.8. The van der Waals surface area contributed by atoms with Crippen LogP contribution in [0.5, 0.6) is 11.5 Å². The molecule has 4 aromatic rings. The van der Waals surface area contributed by atoms with E-state index in [0.29, 0.717) is 5.75 Å². The standard InChI is InChI=1S/C27H28N4O2/c32-27(19-21-8-6-11-23(18-21)33-22-9-2-1-3-10-22)28-25-12-7-13-26-24(25)20-31(29-26)17-16-30-14-4-5-15-30/h1-3,6-13,18,20H,4-5,14-17,19H2,(H,28,32). The Bertz CT molecular complexity index is 1230. The van der Waals surface area contributed by atoms with Crippen molar-refractivity contribution in [2.75, 3.05) is 25.0 Å². The first-order valence-electron chi connectivity index (χ1n) is 11.5. The smallest absolute Gasteiger partial charge is 0.228 e. The van der Waals surface area contributed by atoms with Gasteiger partial charge in [0, 0.05) is 18.1 Å². The number of amides is 1. The second kappa shape index (κ2) is 9.88. The average molecular weight is 441 g/mol. The molecule has 0 unspecified atom stereocenters. The van der Waals surface area contributed by atoms with Crippen LogP contribution in [-0.2, 0) is 17.8 Å². The average Bonchev–Trinajstić information content (AvgIpc) is 3.49. The number of anilines is 1. The van der Waals surface area contributed by atoms with Crippen LogP contribution in [0, 0.1) is 0 Å². The van der Waals surface area contributed by atoms with Crippen LogP contribution < -0.4 is 10.1 Å². The molecule has 0 bridgehead atoms. The van der Waals surface area contributed by atoms with Gasteiger partial charge in [0.25, 0.3) is 0 Å². The van der Waals surface area contributed by atoms with Crippen molar-refractivity contribution in [1.82, 2.24) is 14.7 Å². The van der Waals surface area contributed by atoms with Crippen LogP contribution in [0.1, 0.15) is 18.4 Å². The van der Waals surface area contributed by atoms with Crippen LogP contribution in [0.3, 0.4) is 0 Å². The molecule has 0 spiro atoms. The number of benzene rings is 3. The van der Waals surface area contributed by atoms with E-state index in [1.807, 2.05) is 83.7 Å².